The average Bonchev–Trinajstić information content (AvgIpc) is 3.12. The molecule has 4 rings (SSSR count). The van der Waals surface area contributed by atoms with Crippen LogP contribution in [-0.2, 0) is 10.0 Å². The number of fused-ring (bicyclic) bond motifs is 1. The topological polar surface area (TPSA) is 146 Å². The molecule has 0 aliphatic carbocycles. The summed E-state index contributed by atoms with van der Waals surface area (Å²) in [5, 5.41) is 21.1. The lowest BCUT2D eigenvalue weighted by Gasteiger charge is -2.10. The number of sulfonamides is 1. The van der Waals surface area contributed by atoms with Crippen molar-refractivity contribution in [3.8, 4) is 6.07 Å². The number of hydrogen-bond acceptors (Lipinski definition) is 8. The highest BCUT2D eigenvalue weighted by Gasteiger charge is 2.10. The maximum absolute atomic E-state index is 14.2. The van der Waals surface area contributed by atoms with Crippen LogP contribution in [0.4, 0.5) is 27.5 Å². The molecule has 0 unspecified atom stereocenters. The fraction of sp³-hybridized carbons (Fsp3) is 0. The van der Waals surface area contributed by atoms with Crippen molar-refractivity contribution in [2.75, 3.05) is 10.6 Å². The Balaban J connectivity index is 1.57. The monoisotopic (exact) mass is 435 g/mol. The molecular weight excluding hydrogens is 421 g/mol. The van der Waals surface area contributed by atoms with Gasteiger partial charge in [-0.15, -0.1) is 0 Å². The summed E-state index contributed by atoms with van der Waals surface area (Å²) < 4.78 is 36.9. The van der Waals surface area contributed by atoms with E-state index in [4.69, 9.17) is 10.4 Å². The van der Waals surface area contributed by atoms with E-state index in [0.29, 0.717) is 22.4 Å². The Morgan fingerprint density at radius 1 is 1.10 bits per heavy atom. The van der Waals surface area contributed by atoms with Crippen molar-refractivity contribution in [1.29, 1.82) is 5.26 Å². The fourth-order valence-corrected chi connectivity index (χ4v) is 3.34. The summed E-state index contributed by atoms with van der Waals surface area (Å²) >= 11 is 0. The molecule has 1 aliphatic heterocycles. The lowest BCUT2D eigenvalue weighted by atomic mass is 10.2. The van der Waals surface area contributed by atoms with Gasteiger partial charge in [0, 0.05) is 22.7 Å². The SMILES string of the molecule is N#CC=C1C=c2cc(Nc3nc(Nc4ccc(S(N)(=O)=O)cc4)ncc3F)ccc2=N1. The van der Waals surface area contributed by atoms with Crippen LogP contribution in [0.15, 0.2) is 70.3 Å². The number of hydrogen-bond donors (Lipinski definition) is 3. The summed E-state index contributed by atoms with van der Waals surface area (Å²) in [5.74, 6) is -0.607. The van der Waals surface area contributed by atoms with E-state index in [1.165, 1.54) is 30.3 Å². The van der Waals surface area contributed by atoms with Gasteiger partial charge in [0.15, 0.2) is 11.6 Å². The Morgan fingerprint density at radius 3 is 2.55 bits per heavy atom. The van der Waals surface area contributed by atoms with Crippen LogP contribution in [0, 0.1) is 17.1 Å². The molecule has 154 valence electrons. The van der Waals surface area contributed by atoms with Crippen molar-refractivity contribution in [3.63, 3.8) is 0 Å². The molecule has 9 nitrogen and oxygen atoms in total. The molecule has 3 aromatic rings. The minimum atomic E-state index is -3.80. The number of nitrogens with two attached hydrogens (primary N) is 1. The molecule has 0 radical (unpaired) electrons. The van der Waals surface area contributed by atoms with Crippen LogP contribution in [0.5, 0.6) is 0 Å². The normalized spacial score (nSPS) is 13.6. The lowest BCUT2D eigenvalue weighted by molar-refractivity contribution is 0.598. The van der Waals surface area contributed by atoms with E-state index in [2.05, 4.69) is 25.6 Å². The number of benzene rings is 2. The summed E-state index contributed by atoms with van der Waals surface area (Å²) in [5.41, 5.74) is 1.61. The molecule has 0 atom stereocenters. The van der Waals surface area contributed by atoms with Gasteiger partial charge >= 0.3 is 0 Å². The number of nitriles is 1. The molecule has 2 heterocycles. The van der Waals surface area contributed by atoms with Gasteiger partial charge in [0.05, 0.1) is 28.2 Å². The predicted octanol–water partition coefficient (Wildman–Crippen LogP) is 1.57. The van der Waals surface area contributed by atoms with Crippen LogP contribution in [0.1, 0.15) is 0 Å². The predicted molar refractivity (Wildman–Crippen MR) is 112 cm³/mol. The molecule has 11 heteroatoms. The Kier molecular flexibility index (Phi) is 5.16. The molecule has 0 amide bonds. The Hall–Kier alpha value is -4.14. The molecule has 0 fully saturated rings. The van der Waals surface area contributed by atoms with E-state index >= 15 is 0 Å². The second-order valence-corrected chi connectivity index (χ2v) is 8.00. The first-order chi connectivity index (χ1) is 14.8. The van der Waals surface area contributed by atoms with Crippen molar-refractivity contribution in [2.24, 2.45) is 10.1 Å². The van der Waals surface area contributed by atoms with Crippen molar-refractivity contribution in [1.82, 2.24) is 9.97 Å². The average molecular weight is 435 g/mol. The third-order valence-electron chi connectivity index (χ3n) is 4.24. The van der Waals surface area contributed by atoms with Gasteiger partial charge in [-0.2, -0.15) is 10.2 Å². The van der Waals surface area contributed by atoms with Crippen molar-refractivity contribution < 1.29 is 12.8 Å². The molecule has 0 saturated carbocycles. The molecule has 0 saturated heterocycles. The van der Waals surface area contributed by atoms with E-state index in [1.807, 2.05) is 6.07 Å². The fourth-order valence-electron chi connectivity index (χ4n) is 2.83. The molecule has 0 spiro atoms. The summed E-state index contributed by atoms with van der Waals surface area (Å²) in [7, 11) is -3.80. The van der Waals surface area contributed by atoms with Gasteiger partial charge in [-0.25, -0.2) is 27.9 Å². The molecule has 2 aromatic carbocycles. The number of nitrogens with zero attached hydrogens (tertiary/aromatic N) is 4. The molecule has 1 aromatic heterocycles. The standard InChI is InChI=1S/C20H14FN7O2S/c21-17-11-24-20(27-13-1-4-16(5-2-13)31(23,29)30)28-19(17)26-14-3-6-18-12(9-14)10-15(25-18)7-8-22/h1-7,9-11H,(H2,23,29,30)(H2,24,26,27,28). The molecule has 31 heavy (non-hydrogen) atoms. The minimum absolute atomic E-state index is 0.0339. The highest BCUT2D eigenvalue weighted by atomic mass is 32.2. The van der Waals surface area contributed by atoms with Crippen LogP contribution >= 0.6 is 0 Å². The molecule has 1 aliphatic rings. The maximum atomic E-state index is 14.2. The third kappa shape index (κ3) is 4.55. The largest absolute Gasteiger partial charge is 0.338 e. The number of rotatable bonds is 5. The Labute approximate surface area is 176 Å². The number of aromatic nitrogens is 2. The second kappa shape index (κ2) is 7.94. The van der Waals surface area contributed by atoms with Crippen LogP contribution < -0.4 is 26.3 Å². The van der Waals surface area contributed by atoms with Gasteiger partial charge < -0.3 is 10.6 Å². The van der Waals surface area contributed by atoms with Crippen molar-refractivity contribution in [3.05, 3.63) is 76.8 Å². The number of nitrogens with one attached hydrogen (secondary N) is 2. The summed E-state index contributed by atoms with van der Waals surface area (Å²) in [6, 6.07) is 12.8. The number of halogens is 1. The van der Waals surface area contributed by atoms with Gasteiger partial charge in [0.1, 0.15) is 0 Å². The molecule has 4 N–H and O–H groups in total. The van der Waals surface area contributed by atoms with E-state index in [-0.39, 0.29) is 16.7 Å². The van der Waals surface area contributed by atoms with Gasteiger partial charge in [0.2, 0.25) is 16.0 Å². The Bertz CT molecular complexity index is 1480. The highest BCUT2D eigenvalue weighted by molar-refractivity contribution is 7.89. The van der Waals surface area contributed by atoms with Crippen LogP contribution in [0.2, 0.25) is 0 Å². The van der Waals surface area contributed by atoms with Crippen molar-refractivity contribution >= 4 is 39.2 Å². The first-order valence-corrected chi connectivity index (χ1v) is 10.4. The first-order valence-electron chi connectivity index (χ1n) is 8.81. The quantitative estimate of drug-likeness (QED) is 0.516. The van der Waals surface area contributed by atoms with E-state index in [1.54, 1.807) is 24.3 Å². The number of anilines is 4. The third-order valence-corrected chi connectivity index (χ3v) is 5.17. The summed E-state index contributed by atoms with van der Waals surface area (Å²) in [6.45, 7) is 0. The lowest BCUT2D eigenvalue weighted by Crippen LogP contribution is -2.21. The zero-order valence-corrected chi connectivity index (χ0v) is 16.6. The zero-order chi connectivity index (χ0) is 22.0. The van der Waals surface area contributed by atoms with Crippen LogP contribution in [0.3, 0.4) is 0 Å². The summed E-state index contributed by atoms with van der Waals surface area (Å²) in [4.78, 5) is 12.3. The van der Waals surface area contributed by atoms with E-state index in [9.17, 15) is 12.8 Å². The van der Waals surface area contributed by atoms with Crippen molar-refractivity contribution in [2.45, 2.75) is 4.90 Å². The van der Waals surface area contributed by atoms with Gasteiger partial charge in [-0.1, -0.05) is 0 Å². The summed E-state index contributed by atoms with van der Waals surface area (Å²) in [6.07, 6.45) is 4.10. The smallest absolute Gasteiger partial charge is 0.238 e. The molecular formula is C20H14FN7O2S. The van der Waals surface area contributed by atoms with Crippen LogP contribution in [-0.4, -0.2) is 18.4 Å². The first kappa shape index (κ1) is 20.1. The second-order valence-electron chi connectivity index (χ2n) is 6.44. The zero-order valence-electron chi connectivity index (χ0n) is 15.7. The maximum Gasteiger partial charge on any atom is 0.238 e. The van der Waals surface area contributed by atoms with Crippen LogP contribution in [0.25, 0.3) is 6.08 Å². The van der Waals surface area contributed by atoms with Gasteiger partial charge in [0.25, 0.3) is 0 Å². The van der Waals surface area contributed by atoms with E-state index in [0.717, 1.165) is 11.4 Å². The van der Waals surface area contributed by atoms with Gasteiger partial charge in [-0.05, 0) is 48.5 Å². The molecule has 0 bridgehead atoms. The van der Waals surface area contributed by atoms with E-state index < -0.39 is 15.8 Å². The number of allylic oxidation sites excluding steroid dienone is 2. The Morgan fingerprint density at radius 2 is 1.84 bits per heavy atom. The minimum Gasteiger partial charge on any atom is -0.338 e. The number of primary sulfonamides is 1. The highest BCUT2D eigenvalue weighted by Crippen LogP contribution is 2.20. The van der Waals surface area contributed by atoms with Gasteiger partial charge in [-0.3, -0.25) is 0 Å².